The molecule has 0 bridgehead atoms. The molecule has 0 spiro atoms. The predicted octanol–water partition coefficient (Wildman–Crippen LogP) is 1.67. The maximum atomic E-state index is 10.9. The molecule has 0 radical (unpaired) electrons. The monoisotopic (exact) mass is 223 g/mol. The second-order valence-corrected chi connectivity index (χ2v) is 3.66. The van der Waals surface area contributed by atoms with Crippen molar-refractivity contribution in [2.75, 3.05) is 13.2 Å². The fourth-order valence-electron chi connectivity index (χ4n) is 1.18. The molecule has 88 valence electrons. The van der Waals surface area contributed by atoms with E-state index in [1.807, 2.05) is 19.8 Å². The van der Waals surface area contributed by atoms with Crippen LogP contribution in [0.15, 0.2) is 0 Å². The van der Waals surface area contributed by atoms with Gasteiger partial charge in [0.2, 0.25) is 5.41 Å². The minimum atomic E-state index is -1.86. The molecule has 0 aliphatic heterocycles. The minimum absolute atomic E-state index is 0.258. The summed E-state index contributed by atoms with van der Waals surface area (Å²) in [6.45, 7) is 4.25. The molecule has 0 amide bonds. The van der Waals surface area contributed by atoms with E-state index in [2.05, 4.69) is 0 Å². The normalized spacial score (nSPS) is 13.8. The van der Waals surface area contributed by atoms with Gasteiger partial charge in [-0.1, -0.05) is 32.6 Å². The molecule has 0 aliphatic carbocycles. The number of aliphatic carboxylic acids is 1. The molecule has 1 unspecified atom stereocenters. The Balaban J connectivity index is 4.32. The third kappa shape index (κ3) is 3.56. The van der Waals surface area contributed by atoms with Crippen molar-refractivity contribution in [1.82, 2.24) is 0 Å². The van der Waals surface area contributed by atoms with E-state index in [-0.39, 0.29) is 6.61 Å². The van der Waals surface area contributed by atoms with Gasteiger partial charge in [-0.3, -0.25) is 0 Å². The Kier molecular flexibility index (Phi) is 6.22. The van der Waals surface area contributed by atoms with E-state index < -0.39 is 11.4 Å². The highest BCUT2D eigenvalue weighted by atomic mass is 16.5. The van der Waals surface area contributed by atoms with Crippen LogP contribution in [0.25, 0.3) is 0 Å². The maximum Gasteiger partial charge on any atom is 0.338 e. The van der Waals surface area contributed by atoms with Gasteiger partial charge in [-0.15, -0.1) is 6.42 Å². The zero-order valence-corrected chi connectivity index (χ0v) is 9.69. The standard InChI is InChI=1S/C12H17NO3/c1-4-10(5-2)7-16-9-12(6-3,8-13)11(14)15/h3,10H,4-5,7,9H2,1-2H3,(H,14,15). The van der Waals surface area contributed by atoms with Crippen LogP contribution in [0.4, 0.5) is 0 Å². The van der Waals surface area contributed by atoms with Gasteiger partial charge in [0.15, 0.2) is 0 Å². The number of ether oxygens (including phenoxy) is 1. The number of carboxylic acids is 1. The highest BCUT2D eigenvalue weighted by molar-refractivity contribution is 5.82. The summed E-state index contributed by atoms with van der Waals surface area (Å²) in [7, 11) is 0. The van der Waals surface area contributed by atoms with Crippen molar-refractivity contribution in [3.63, 3.8) is 0 Å². The predicted molar refractivity (Wildman–Crippen MR) is 59.4 cm³/mol. The molecular formula is C12H17NO3. The largest absolute Gasteiger partial charge is 0.479 e. The topological polar surface area (TPSA) is 70.3 Å². The fraction of sp³-hybridized carbons (Fsp3) is 0.667. The van der Waals surface area contributed by atoms with Gasteiger partial charge in [0.25, 0.3) is 0 Å². The molecule has 0 saturated heterocycles. The lowest BCUT2D eigenvalue weighted by Crippen LogP contribution is -2.33. The van der Waals surface area contributed by atoms with Crippen molar-refractivity contribution in [2.24, 2.45) is 11.3 Å². The summed E-state index contributed by atoms with van der Waals surface area (Å²) in [5.74, 6) is 1.04. The van der Waals surface area contributed by atoms with E-state index >= 15 is 0 Å². The summed E-state index contributed by atoms with van der Waals surface area (Å²) in [6, 6.07) is 1.61. The molecule has 0 aromatic rings. The molecular weight excluding hydrogens is 206 g/mol. The Morgan fingerprint density at radius 2 is 2.12 bits per heavy atom. The number of hydrogen-bond donors (Lipinski definition) is 1. The minimum Gasteiger partial charge on any atom is -0.479 e. The summed E-state index contributed by atoms with van der Waals surface area (Å²) in [5, 5.41) is 17.6. The number of terminal acetylenes is 1. The quantitative estimate of drug-likeness (QED) is 0.666. The highest BCUT2D eigenvalue weighted by Crippen LogP contribution is 2.17. The summed E-state index contributed by atoms with van der Waals surface area (Å²) in [5.41, 5.74) is -1.86. The number of hydrogen-bond acceptors (Lipinski definition) is 3. The van der Waals surface area contributed by atoms with E-state index in [0.29, 0.717) is 12.5 Å². The molecule has 0 heterocycles. The molecule has 0 aliphatic rings. The molecule has 16 heavy (non-hydrogen) atoms. The summed E-state index contributed by atoms with van der Waals surface area (Å²) in [4.78, 5) is 10.9. The first kappa shape index (κ1) is 14.5. The Morgan fingerprint density at radius 3 is 2.44 bits per heavy atom. The number of nitrogens with zero attached hydrogens (tertiary/aromatic N) is 1. The Labute approximate surface area is 96.2 Å². The van der Waals surface area contributed by atoms with Crippen molar-refractivity contribution >= 4 is 5.97 Å². The van der Waals surface area contributed by atoms with E-state index in [4.69, 9.17) is 21.5 Å². The fourth-order valence-corrected chi connectivity index (χ4v) is 1.18. The van der Waals surface area contributed by atoms with Crippen LogP contribution < -0.4 is 0 Å². The van der Waals surface area contributed by atoms with Crippen molar-refractivity contribution < 1.29 is 14.6 Å². The lowest BCUT2D eigenvalue weighted by molar-refractivity contribution is -0.145. The Hall–Kier alpha value is -1.52. The zero-order chi connectivity index (χ0) is 12.6. The van der Waals surface area contributed by atoms with E-state index in [9.17, 15) is 4.79 Å². The van der Waals surface area contributed by atoms with Gasteiger partial charge in [0.05, 0.1) is 12.7 Å². The molecule has 1 atom stereocenters. The van der Waals surface area contributed by atoms with Crippen molar-refractivity contribution in [2.45, 2.75) is 26.7 Å². The average molecular weight is 223 g/mol. The van der Waals surface area contributed by atoms with Crippen molar-refractivity contribution in [1.29, 1.82) is 5.26 Å². The molecule has 0 aromatic carbocycles. The van der Waals surface area contributed by atoms with Gasteiger partial charge >= 0.3 is 5.97 Å². The van der Waals surface area contributed by atoms with Gasteiger partial charge in [0.1, 0.15) is 0 Å². The van der Waals surface area contributed by atoms with Crippen LogP contribution >= 0.6 is 0 Å². The number of carbonyl (C=O) groups is 1. The van der Waals surface area contributed by atoms with Gasteiger partial charge < -0.3 is 9.84 Å². The second kappa shape index (κ2) is 6.87. The summed E-state index contributed by atoms with van der Waals surface area (Å²) < 4.78 is 5.24. The molecule has 0 rings (SSSR count). The number of rotatable bonds is 7. The first-order chi connectivity index (χ1) is 7.56. The van der Waals surface area contributed by atoms with Crippen LogP contribution in [0.2, 0.25) is 0 Å². The third-order valence-corrected chi connectivity index (χ3v) is 2.63. The Morgan fingerprint density at radius 1 is 1.56 bits per heavy atom. The molecule has 4 heteroatoms. The van der Waals surface area contributed by atoms with Crippen LogP contribution in [-0.2, 0) is 9.53 Å². The van der Waals surface area contributed by atoms with Gasteiger partial charge in [-0.05, 0) is 5.92 Å². The summed E-state index contributed by atoms with van der Waals surface area (Å²) in [6.07, 6.45) is 6.98. The van der Waals surface area contributed by atoms with E-state index in [0.717, 1.165) is 12.8 Å². The SMILES string of the molecule is C#CC(C#N)(COCC(CC)CC)C(=O)O. The zero-order valence-electron chi connectivity index (χ0n) is 9.69. The van der Waals surface area contributed by atoms with Crippen LogP contribution in [0.5, 0.6) is 0 Å². The van der Waals surface area contributed by atoms with Crippen LogP contribution in [0, 0.1) is 35.0 Å². The molecule has 0 fully saturated rings. The average Bonchev–Trinajstić information content (AvgIpc) is 2.30. The number of carboxylic acid groups (broad SMARTS) is 1. The smallest absolute Gasteiger partial charge is 0.338 e. The van der Waals surface area contributed by atoms with Crippen LogP contribution in [0.3, 0.4) is 0 Å². The molecule has 1 N–H and O–H groups in total. The maximum absolute atomic E-state index is 10.9. The van der Waals surface area contributed by atoms with E-state index in [1.54, 1.807) is 6.07 Å². The molecule has 4 nitrogen and oxygen atoms in total. The van der Waals surface area contributed by atoms with Gasteiger partial charge in [-0.2, -0.15) is 5.26 Å². The van der Waals surface area contributed by atoms with Crippen molar-refractivity contribution in [3.05, 3.63) is 0 Å². The summed E-state index contributed by atoms with van der Waals surface area (Å²) >= 11 is 0. The number of nitriles is 1. The molecule has 0 aromatic heterocycles. The van der Waals surface area contributed by atoms with Crippen LogP contribution in [0.1, 0.15) is 26.7 Å². The van der Waals surface area contributed by atoms with Gasteiger partial charge in [-0.25, -0.2) is 4.79 Å². The lowest BCUT2D eigenvalue weighted by atomic mass is 9.92. The van der Waals surface area contributed by atoms with Gasteiger partial charge in [0, 0.05) is 6.61 Å². The third-order valence-electron chi connectivity index (χ3n) is 2.63. The highest BCUT2D eigenvalue weighted by Gasteiger charge is 2.37. The van der Waals surface area contributed by atoms with Crippen LogP contribution in [-0.4, -0.2) is 24.3 Å². The first-order valence-corrected chi connectivity index (χ1v) is 5.26. The Bertz CT molecular complexity index is 293. The lowest BCUT2D eigenvalue weighted by Gasteiger charge is -2.18. The molecule has 0 saturated carbocycles. The first-order valence-electron chi connectivity index (χ1n) is 5.26. The van der Waals surface area contributed by atoms with E-state index in [1.165, 1.54) is 0 Å². The van der Waals surface area contributed by atoms with Crippen molar-refractivity contribution in [3.8, 4) is 18.4 Å². The second-order valence-electron chi connectivity index (χ2n) is 3.66.